The first-order valence-corrected chi connectivity index (χ1v) is 2.71. The molecule has 1 heterocycles. The van der Waals surface area contributed by atoms with Crippen LogP contribution in [0.3, 0.4) is 0 Å². The lowest BCUT2D eigenvalue weighted by Crippen LogP contribution is -2.35. The second-order valence-electron chi connectivity index (χ2n) is 2.14. The highest BCUT2D eigenvalue weighted by atomic mass is 15.5. The molecule has 0 spiro atoms. The molecule has 0 unspecified atom stereocenters. The maximum absolute atomic E-state index is 4.05. The Morgan fingerprint density at radius 1 is 1.50 bits per heavy atom. The quantitative estimate of drug-likeness (QED) is 0.433. The highest BCUT2D eigenvalue weighted by Crippen LogP contribution is 1.91. The van der Waals surface area contributed by atoms with Crippen LogP contribution in [0.15, 0.2) is 5.10 Å². The van der Waals surface area contributed by atoms with Gasteiger partial charge in [0.05, 0.1) is 6.67 Å². The molecule has 0 bridgehead atoms. The molecule has 0 saturated carbocycles. The summed E-state index contributed by atoms with van der Waals surface area (Å²) in [6, 6.07) is 0. The minimum Gasteiger partial charge on any atom is -0.286 e. The van der Waals surface area contributed by atoms with Crippen LogP contribution < -0.4 is 0 Å². The van der Waals surface area contributed by atoms with Gasteiger partial charge in [-0.05, 0) is 7.05 Å². The van der Waals surface area contributed by atoms with Gasteiger partial charge in [-0.2, -0.15) is 5.10 Å². The van der Waals surface area contributed by atoms with Crippen molar-refractivity contribution in [2.45, 2.75) is 0 Å². The van der Waals surface area contributed by atoms with E-state index in [1.54, 1.807) is 0 Å². The predicted molar refractivity (Wildman–Crippen MR) is 33.8 cm³/mol. The lowest BCUT2D eigenvalue weighted by Gasteiger charge is -2.24. The number of hydrogen-bond acceptors (Lipinski definition) is 3. The van der Waals surface area contributed by atoms with Crippen LogP contribution in [0.1, 0.15) is 0 Å². The van der Waals surface area contributed by atoms with Crippen molar-refractivity contribution >= 4 is 6.21 Å². The van der Waals surface area contributed by atoms with Crippen molar-refractivity contribution < 1.29 is 0 Å². The highest BCUT2D eigenvalue weighted by Gasteiger charge is 2.02. The van der Waals surface area contributed by atoms with Crippen LogP contribution in [0.25, 0.3) is 0 Å². The third-order valence-corrected chi connectivity index (χ3v) is 1.12. The zero-order chi connectivity index (χ0) is 5.98. The molecule has 1 aliphatic heterocycles. The van der Waals surface area contributed by atoms with Gasteiger partial charge in [-0.15, -0.1) is 0 Å². The Morgan fingerprint density at radius 2 is 2.25 bits per heavy atom. The molecular weight excluding hydrogens is 102 g/mol. The van der Waals surface area contributed by atoms with E-state index >= 15 is 0 Å². The first-order valence-electron chi connectivity index (χ1n) is 2.71. The SMILES string of the molecule is CN1CC=NN(C)C1. The molecule has 1 rings (SSSR count). The normalized spacial score (nSPS) is 22.0. The largest absolute Gasteiger partial charge is 0.286 e. The number of hydrazone groups is 1. The molecule has 0 atom stereocenters. The summed E-state index contributed by atoms with van der Waals surface area (Å²) in [6.45, 7) is 1.92. The van der Waals surface area contributed by atoms with Crippen molar-refractivity contribution in [1.82, 2.24) is 9.91 Å². The van der Waals surface area contributed by atoms with E-state index in [1.165, 1.54) is 0 Å². The van der Waals surface area contributed by atoms with Gasteiger partial charge in [0.15, 0.2) is 0 Å². The van der Waals surface area contributed by atoms with E-state index in [9.17, 15) is 0 Å². The van der Waals surface area contributed by atoms with E-state index in [1.807, 2.05) is 18.3 Å². The van der Waals surface area contributed by atoms with Crippen LogP contribution in [0.5, 0.6) is 0 Å². The molecule has 0 radical (unpaired) electrons. The topological polar surface area (TPSA) is 18.8 Å². The van der Waals surface area contributed by atoms with Crippen molar-refractivity contribution in [2.24, 2.45) is 5.10 Å². The van der Waals surface area contributed by atoms with E-state index in [0.29, 0.717) is 0 Å². The molecule has 0 aromatic heterocycles. The minimum atomic E-state index is 0.941. The van der Waals surface area contributed by atoms with Crippen molar-refractivity contribution in [3.05, 3.63) is 0 Å². The monoisotopic (exact) mass is 113 g/mol. The predicted octanol–water partition coefficient (Wildman–Crippen LogP) is -0.193. The molecular formula is C5H11N3. The summed E-state index contributed by atoms with van der Waals surface area (Å²) in [5.74, 6) is 0. The molecule has 3 heteroatoms. The first-order chi connectivity index (χ1) is 3.79. The third kappa shape index (κ3) is 1.20. The van der Waals surface area contributed by atoms with Crippen LogP contribution >= 0.6 is 0 Å². The van der Waals surface area contributed by atoms with Crippen LogP contribution in [-0.4, -0.2) is 43.4 Å². The van der Waals surface area contributed by atoms with E-state index in [4.69, 9.17) is 0 Å². The average Bonchev–Trinajstić information content (AvgIpc) is 1.64. The minimum absolute atomic E-state index is 0.941. The molecule has 46 valence electrons. The van der Waals surface area contributed by atoms with E-state index in [2.05, 4.69) is 17.0 Å². The van der Waals surface area contributed by atoms with Gasteiger partial charge >= 0.3 is 0 Å². The summed E-state index contributed by atoms with van der Waals surface area (Å²) >= 11 is 0. The summed E-state index contributed by atoms with van der Waals surface area (Å²) in [5.41, 5.74) is 0. The molecule has 1 aliphatic rings. The summed E-state index contributed by atoms with van der Waals surface area (Å²) in [6.07, 6.45) is 1.91. The standard InChI is InChI=1S/C5H11N3/c1-7-4-3-6-8(2)5-7/h3H,4-5H2,1-2H3. The average molecular weight is 113 g/mol. The summed E-state index contributed by atoms with van der Waals surface area (Å²) < 4.78 is 0. The van der Waals surface area contributed by atoms with Crippen LogP contribution in [-0.2, 0) is 0 Å². The molecule has 0 amide bonds. The lowest BCUT2D eigenvalue weighted by molar-refractivity contribution is 0.191. The fourth-order valence-corrected chi connectivity index (χ4v) is 0.759. The maximum Gasteiger partial charge on any atom is 0.0876 e. The van der Waals surface area contributed by atoms with Crippen LogP contribution in [0.4, 0.5) is 0 Å². The number of nitrogens with zero attached hydrogens (tertiary/aromatic N) is 3. The van der Waals surface area contributed by atoms with Gasteiger partial charge < -0.3 is 0 Å². The Morgan fingerprint density at radius 3 is 2.62 bits per heavy atom. The molecule has 0 aromatic rings. The van der Waals surface area contributed by atoms with Gasteiger partial charge in [0.25, 0.3) is 0 Å². The Hall–Kier alpha value is -0.570. The summed E-state index contributed by atoms with van der Waals surface area (Å²) in [5, 5.41) is 5.95. The fourth-order valence-electron chi connectivity index (χ4n) is 0.759. The second-order valence-corrected chi connectivity index (χ2v) is 2.14. The van der Waals surface area contributed by atoms with Crippen molar-refractivity contribution in [2.75, 3.05) is 27.3 Å². The smallest absolute Gasteiger partial charge is 0.0876 e. The molecule has 0 N–H and O–H groups in total. The molecule has 3 nitrogen and oxygen atoms in total. The van der Waals surface area contributed by atoms with Gasteiger partial charge in [0.1, 0.15) is 0 Å². The van der Waals surface area contributed by atoms with Crippen molar-refractivity contribution in [3.8, 4) is 0 Å². The van der Waals surface area contributed by atoms with Gasteiger partial charge in [-0.1, -0.05) is 0 Å². The second kappa shape index (κ2) is 2.13. The Kier molecular flexibility index (Phi) is 1.48. The van der Waals surface area contributed by atoms with Gasteiger partial charge in [0.2, 0.25) is 0 Å². The van der Waals surface area contributed by atoms with Gasteiger partial charge in [0, 0.05) is 19.8 Å². The molecule has 0 saturated heterocycles. The zero-order valence-electron chi connectivity index (χ0n) is 5.33. The fraction of sp³-hybridized carbons (Fsp3) is 0.800. The summed E-state index contributed by atoms with van der Waals surface area (Å²) in [4.78, 5) is 2.19. The van der Waals surface area contributed by atoms with Crippen molar-refractivity contribution in [1.29, 1.82) is 0 Å². The zero-order valence-corrected chi connectivity index (χ0v) is 5.33. The van der Waals surface area contributed by atoms with Crippen LogP contribution in [0.2, 0.25) is 0 Å². The molecule has 0 fully saturated rings. The highest BCUT2D eigenvalue weighted by molar-refractivity contribution is 5.59. The third-order valence-electron chi connectivity index (χ3n) is 1.12. The Balaban J connectivity index is 2.42. The van der Waals surface area contributed by atoms with E-state index < -0.39 is 0 Å². The van der Waals surface area contributed by atoms with E-state index in [0.717, 1.165) is 13.2 Å². The molecule has 8 heavy (non-hydrogen) atoms. The molecule has 0 aromatic carbocycles. The maximum atomic E-state index is 4.05. The van der Waals surface area contributed by atoms with E-state index in [-0.39, 0.29) is 0 Å². The molecule has 0 aliphatic carbocycles. The van der Waals surface area contributed by atoms with Gasteiger partial charge in [-0.25, -0.2) is 0 Å². The Bertz CT molecular complexity index is 99.8. The summed E-state index contributed by atoms with van der Waals surface area (Å²) in [7, 11) is 4.04. The van der Waals surface area contributed by atoms with Crippen molar-refractivity contribution in [3.63, 3.8) is 0 Å². The number of hydrogen-bond donors (Lipinski definition) is 0. The first kappa shape index (κ1) is 5.56. The number of rotatable bonds is 0. The Labute approximate surface area is 49.6 Å². The van der Waals surface area contributed by atoms with Gasteiger partial charge in [-0.3, -0.25) is 9.91 Å². The lowest BCUT2D eigenvalue weighted by atomic mass is 10.6. The van der Waals surface area contributed by atoms with Crippen LogP contribution in [0, 0.1) is 0 Å².